The van der Waals surface area contributed by atoms with Crippen molar-refractivity contribution in [3.8, 4) is 0 Å². The smallest absolute Gasteiger partial charge is 0.203 e. The van der Waals surface area contributed by atoms with E-state index in [9.17, 15) is 9.50 Å². The van der Waals surface area contributed by atoms with Crippen molar-refractivity contribution in [2.45, 2.75) is 24.6 Å². The summed E-state index contributed by atoms with van der Waals surface area (Å²) in [5.74, 6) is 0.231. The number of anilines is 1. The monoisotopic (exact) mass is 261 g/mol. The molecule has 1 saturated heterocycles. The maximum absolute atomic E-state index is 13.5. The Morgan fingerprint density at radius 2 is 2.35 bits per heavy atom. The summed E-state index contributed by atoms with van der Waals surface area (Å²) in [5, 5.41) is 18.6. The highest BCUT2D eigenvalue weighted by molar-refractivity contribution is 7.71. The Morgan fingerprint density at radius 1 is 1.65 bits per heavy atom. The quantitative estimate of drug-likeness (QED) is 0.637. The Balaban J connectivity index is 2.32. The fourth-order valence-electron chi connectivity index (χ4n) is 1.71. The molecule has 1 aromatic rings. The highest BCUT2D eigenvalue weighted by Crippen LogP contribution is 2.31. The summed E-state index contributed by atoms with van der Waals surface area (Å²) in [5.41, 5.74) is 5.43. The van der Waals surface area contributed by atoms with E-state index in [4.69, 9.17) is 27.8 Å². The van der Waals surface area contributed by atoms with Crippen LogP contribution in [0.1, 0.15) is 6.23 Å². The van der Waals surface area contributed by atoms with Gasteiger partial charge in [0.15, 0.2) is 12.4 Å². The minimum Gasteiger partial charge on any atom is -0.394 e. The van der Waals surface area contributed by atoms with E-state index in [-0.39, 0.29) is 10.6 Å². The Kier molecular flexibility index (Phi) is 3.38. The number of hydrogen-bond donors (Lipinski definition) is 3. The first-order valence-electron chi connectivity index (χ1n) is 4.97. The van der Waals surface area contributed by atoms with Crippen LogP contribution in [-0.2, 0) is 4.74 Å². The number of aromatic nitrogens is 2. The average Bonchev–Trinajstić information content (AvgIpc) is 2.57. The largest absolute Gasteiger partial charge is 0.394 e. The summed E-state index contributed by atoms with van der Waals surface area (Å²) in [4.78, 5) is 3.81. The van der Waals surface area contributed by atoms with Crippen molar-refractivity contribution >= 4 is 18.0 Å². The number of halogens is 1. The summed E-state index contributed by atoms with van der Waals surface area (Å²) in [7, 11) is 0. The Labute approximate surface area is 101 Å². The zero-order chi connectivity index (χ0) is 12.6. The molecule has 0 aliphatic carbocycles. The molecule has 0 spiro atoms. The van der Waals surface area contributed by atoms with E-state index in [0.29, 0.717) is 0 Å². The third-order valence-corrected chi connectivity index (χ3v) is 2.90. The molecular formula is C9H12FN3O3S. The maximum Gasteiger partial charge on any atom is 0.203 e. The van der Waals surface area contributed by atoms with E-state index < -0.39 is 31.2 Å². The Morgan fingerprint density at radius 3 is 2.88 bits per heavy atom. The van der Waals surface area contributed by atoms with Crippen LogP contribution in [0.4, 0.5) is 10.2 Å². The fraction of sp³-hybridized carbons (Fsp3) is 0.556. The molecule has 0 amide bonds. The molecule has 4 N–H and O–H groups in total. The van der Waals surface area contributed by atoms with Gasteiger partial charge in [-0.05, 0) is 18.3 Å². The number of nitrogens with two attached hydrogens (primary N) is 1. The number of aliphatic hydroxyl groups excluding tert-OH is 2. The number of hydrogen-bond acceptors (Lipinski definition) is 6. The standard InChI is InChI=1S/C9H12FN3O3S/c10-6-4(3-14)16-8(7(6)15)13-2-1-5(11)12-9(13)17/h1-2,4,6-8,14-15H,3H2,(H2,11,12,17)/t4-,6+,7?,8-/m1/s1. The normalized spacial score (nSPS) is 32.9. The lowest BCUT2D eigenvalue weighted by Gasteiger charge is -2.17. The molecule has 4 atom stereocenters. The van der Waals surface area contributed by atoms with Crippen molar-refractivity contribution < 1.29 is 19.3 Å². The molecule has 2 heterocycles. The van der Waals surface area contributed by atoms with Crippen LogP contribution in [-0.4, -0.2) is 44.8 Å². The van der Waals surface area contributed by atoms with Crippen molar-refractivity contribution in [1.29, 1.82) is 0 Å². The molecular weight excluding hydrogens is 249 g/mol. The van der Waals surface area contributed by atoms with E-state index in [1.165, 1.54) is 16.8 Å². The third-order valence-electron chi connectivity index (χ3n) is 2.59. The second kappa shape index (κ2) is 4.65. The van der Waals surface area contributed by atoms with E-state index in [2.05, 4.69) is 4.98 Å². The number of nitrogen functional groups attached to an aromatic ring is 1. The average molecular weight is 261 g/mol. The van der Waals surface area contributed by atoms with E-state index in [0.717, 1.165) is 0 Å². The van der Waals surface area contributed by atoms with Crippen LogP contribution in [0.25, 0.3) is 0 Å². The summed E-state index contributed by atoms with van der Waals surface area (Å²) in [6.45, 7) is -0.509. The van der Waals surface area contributed by atoms with Crippen LogP contribution in [0.3, 0.4) is 0 Å². The topological polar surface area (TPSA) is 93.5 Å². The van der Waals surface area contributed by atoms with Gasteiger partial charge in [0.25, 0.3) is 0 Å². The van der Waals surface area contributed by atoms with Gasteiger partial charge in [-0.25, -0.2) is 9.37 Å². The fourth-order valence-corrected chi connectivity index (χ4v) is 1.98. The van der Waals surface area contributed by atoms with Crippen molar-refractivity contribution in [3.63, 3.8) is 0 Å². The van der Waals surface area contributed by atoms with Gasteiger partial charge >= 0.3 is 0 Å². The molecule has 1 unspecified atom stereocenters. The van der Waals surface area contributed by atoms with Gasteiger partial charge < -0.3 is 20.7 Å². The summed E-state index contributed by atoms with van der Waals surface area (Å²) in [6.07, 6.45) is -3.66. The first kappa shape index (κ1) is 12.4. The second-order valence-corrected chi connectivity index (χ2v) is 4.09. The van der Waals surface area contributed by atoms with Gasteiger partial charge in [-0.1, -0.05) is 0 Å². The SMILES string of the molecule is Nc1ccn([C@@H]2O[C@H](CO)[C@H](F)C2O)c(=S)n1. The van der Waals surface area contributed by atoms with Crippen LogP contribution >= 0.6 is 12.2 Å². The molecule has 1 fully saturated rings. The first-order chi connectivity index (χ1) is 8.04. The van der Waals surface area contributed by atoms with Crippen molar-refractivity contribution in [3.05, 3.63) is 17.0 Å². The molecule has 6 nitrogen and oxygen atoms in total. The molecule has 1 aliphatic heterocycles. The lowest BCUT2D eigenvalue weighted by atomic mass is 10.1. The van der Waals surface area contributed by atoms with Gasteiger partial charge in [0.2, 0.25) is 4.77 Å². The van der Waals surface area contributed by atoms with Gasteiger partial charge in [-0.15, -0.1) is 0 Å². The van der Waals surface area contributed by atoms with Crippen molar-refractivity contribution in [1.82, 2.24) is 9.55 Å². The van der Waals surface area contributed by atoms with Gasteiger partial charge in [0.1, 0.15) is 18.0 Å². The second-order valence-electron chi connectivity index (χ2n) is 3.72. The van der Waals surface area contributed by atoms with Crippen LogP contribution in [0.5, 0.6) is 0 Å². The molecule has 0 bridgehead atoms. The number of nitrogens with zero attached hydrogens (tertiary/aromatic N) is 2. The molecule has 0 radical (unpaired) electrons. The third kappa shape index (κ3) is 2.16. The zero-order valence-corrected chi connectivity index (χ0v) is 9.55. The molecule has 0 aromatic carbocycles. The lowest BCUT2D eigenvalue weighted by Crippen LogP contribution is -2.29. The zero-order valence-electron chi connectivity index (χ0n) is 8.73. The van der Waals surface area contributed by atoms with Crippen LogP contribution in [0.15, 0.2) is 12.3 Å². The number of alkyl halides is 1. The van der Waals surface area contributed by atoms with E-state index >= 15 is 0 Å². The maximum atomic E-state index is 13.5. The molecule has 2 rings (SSSR count). The Hall–Kier alpha value is -1.09. The van der Waals surface area contributed by atoms with Crippen LogP contribution in [0.2, 0.25) is 0 Å². The lowest BCUT2D eigenvalue weighted by molar-refractivity contribution is -0.0527. The number of aliphatic hydroxyl groups is 2. The predicted octanol–water partition coefficient (Wildman–Crippen LogP) is -0.217. The molecule has 1 aliphatic rings. The molecule has 17 heavy (non-hydrogen) atoms. The van der Waals surface area contributed by atoms with Crippen LogP contribution in [0, 0.1) is 4.77 Å². The van der Waals surface area contributed by atoms with Crippen molar-refractivity contribution in [2.24, 2.45) is 0 Å². The first-order valence-corrected chi connectivity index (χ1v) is 5.38. The van der Waals surface area contributed by atoms with Gasteiger partial charge in [-0.2, -0.15) is 0 Å². The Bertz CT molecular complexity index is 469. The van der Waals surface area contributed by atoms with Gasteiger partial charge in [-0.3, -0.25) is 4.57 Å². The molecule has 1 aromatic heterocycles. The molecule has 0 saturated carbocycles. The highest BCUT2D eigenvalue weighted by atomic mass is 32.1. The van der Waals surface area contributed by atoms with Crippen LogP contribution < -0.4 is 5.73 Å². The minimum absolute atomic E-state index is 0.0832. The molecule has 8 heteroatoms. The van der Waals surface area contributed by atoms with E-state index in [1.807, 2.05) is 0 Å². The van der Waals surface area contributed by atoms with Crippen molar-refractivity contribution in [2.75, 3.05) is 12.3 Å². The summed E-state index contributed by atoms with van der Waals surface area (Å²) in [6, 6.07) is 1.46. The highest BCUT2D eigenvalue weighted by Gasteiger charge is 2.44. The van der Waals surface area contributed by atoms with Gasteiger partial charge in [0, 0.05) is 6.20 Å². The predicted molar refractivity (Wildman–Crippen MR) is 59.4 cm³/mol. The summed E-state index contributed by atoms with van der Waals surface area (Å²) < 4.78 is 20.1. The minimum atomic E-state index is -1.66. The van der Waals surface area contributed by atoms with Gasteiger partial charge in [0.05, 0.1) is 6.61 Å². The number of ether oxygens (including phenoxy) is 1. The van der Waals surface area contributed by atoms with E-state index in [1.54, 1.807) is 0 Å². The molecule has 94 valence electrons. The summed E-state index contributed by atoms with van der Waals surface area (Å²) >= 11 is 4.94. The number of rotatable bonds is 2.